The zero-order valence-corrected chi connectivity index (χ0v) is 7.78. The smallest absolute Gasteiger partial charge is 0.307 e. The van der Waals surface area contributed by atoms with Crippen molar-refractivity contribution in [3.05, 3.63) is 27.9 Å². The molecule has 0 aliphatic rings. The van der Waals surface area contributed by atoms with Crippen LogP contribution in [-0.4, -0.2) is 11.1 Å². The van der Waals surface area contributed by atoms with Gasteiger partial charge in [-0.25, -0.2) is 0 Å². The highest BCUT2D eigenvalue weighted by atomic mass is 35.5. The molecule has 0 unspecified atom stereocenters. The number of carboxylic acid groups (broad SMARTS) is 1. The molecule has 0 aliphatic heterocycles. The molecule has 0 bridgehead atoms. The van der Waals surface area contributed by atoms with Crippen molar-refractivity contribution in [2.45, 2.75) is 6.42 Å². The predicted octanol–water partition coefficient (Wildman–Crippen LogP) is 2.89. The second-order valence-corrected chi connectivity index (χ2v) is 3.99. The summed E-state index contributed by atoms with van der Waals surface area (Å²) >= 11 is 7.01. The maximum atomic E-state index is 10.3. The lowest BCUT2D eigenvalue weighted by molar-refractivity contribution is -0.135. The Morgan fingerprint density at radius 3 is 2.75 bits per heavy atom. The van der Waals surface area contributed by atoms with Crippen molar-refractivity contribution in [1.82, 2.24) is 0 Å². The number of carboxylic acids is 1. The molecular weight excluding hydrogens is 196 g/mol. The summed E-state index contributed by atoms with van der Waals surface area (Å²) in [6.45, 7) is 3.65. The first-order chi connectivity index (χ1) is 5.59. The number of thiophene rings is 1. The molecule has 1 heterocycles. The third-order valence-corrected chi connectivity index (χ3v) is 2.62. The van der Waals surface area contributed by atoms with Crippen molar-refractivity contribution < 1.29 is 9.90 Å². The van der Waals surface area contributed by atoms with Gasteiger partial charge < -0.3 is 5.11 Å². The molecule has 12 heavy (non-hydrogen) atoms. The van der Waals surface area contributed by atoms with Gasteiger partial charge in [-0.3, -0.25) is 4.79 Å². The van der Waals surface area contributed by atoms with Crippen LogP contribution in [0.2, 0.25) is 4.34 Å². The molecule has 0 aromatic carbocycles. The summed E-state index contributed by atoms with van der Waals surface area (Å²) in [5.74, 6) is -0.871. The van der Waals surface area contributed by atoms with Crippen LogP contribution in [0.3, 0.4) is 0 Å². The van der Waals surface area contributed by atoms with Crippen LogP contribution in [0.15, 0.2) is 18.7 Å². The summed E-state index contributed by atoms with van der Waals surface area (Å²) < 4.78 is 0.650. The largest absolute Gasteiger partial charge is 0.481 e. The van der Waals surface area contributed by atoms with E-state index < -0.39 is 5.97 Å². The van der Waals surface area contributed by atoms with E-state index in [1.54, 1.807) is 12.1 Å². The van der Waals surface area contributed by atoms with E-state index in [9.17, 15) is 4.79 Å². The fourth-order valence-electron chi connectivity index (χ4n) is 0.774. The quantitative estimate of drug-likeness (QED) is 0.819. The molecule has 0 saturated heterocycles. The number of hydrogen-bond acceptors (Lipinski definition) is 2. The molecule has 1 aromatic heterocycles. The highest BCUT2D eigenvalue weighted by Crippen LogP contribution is 2.28. The van der Waals surface area contributed by atoms with Crippen LogP contribution in [0, 0.1) is 0 Å². The van der Waals surface area contributed by atoms with Crippen LogP contribution < -0.4 is 0 Å². The topological polar surface area (TPSA) is 37.3 Å². The Balaban J connectivity index is 2.72. The minimum Gasteiger partial charge on any atom is -0.481 e. The highest BCUT2D eigenvalue weighted by molar-refractivity contribution is 7.17. The Labute approximate surface area is 79.1 Å². The molecule has 4 heteroatoms. The molecule has 1 aromatic rings. The first-order valence-electron chi connectivity index (χ1n) is 3.25. The van der Waals surface area contributed by atoms with Gasteiger partial charge in [0.05, 0.1) is 10.8 Å². The van der Waals surface area contributed by atoms with Crippen molar-refractivity contribution in [3.63, 3.8) is 0 Å². The summed E-state index contributed by atoms with van der Waals surface area (Å²) in [5, 5.41) is 8.46. The molecule has 0 spiro atoms. The molecule has 64 valence electrons. The summed E-state index contributed by atoms with van der Waals surface area (Å²) in [6, 6.07) is 3.51. The van der Waals surface area contributed by atoms with Gasteiger partial charge in [0, 0.05) is 4.88 Å². The van der Waals surface area contributed by atoms with E-state index in [2.05, 4.69) is 6.58 Å². The van der Waals surface area contributed by atoms with E-state index in [1.165, 1.54) is 11.3 Å². The fraction of sp³-hybridized carbons (Fsp3) is 0.125. The average molecular weight is 203 g/mol. The van der Waals surface area contributed by atoms with E-state index in [1.807, 2.05) is 0 Å². The van der Waals surface area contributed by atoms with E-state index in [0.717, 1.165) is 4.88 Å². The zero-order valence-electron chi connectivity index (χ0n) is 6.21. The molecule has 0 aliphatic carbocycles. The Hall–Kier alpha value is -0.800. The normalized spacial score (nSPS) is 9.75. The molecule has 0 fully saturated rings. The van der Waals surface area contributed by atoms with E-state index in [0.29, 0.717) is 9.91 Å². The van der Waals surface area contributed by atoms with Gasteiger partial charge in [0.25, 0.3) is 0 Å². The van der Waals surface area contributed by atoms with Crippen LogP contribution in [0.5, 0.6) is 0 Å². The van der Waals surface area contributed by atoms with Crippen LogP contribution >= 0.6 is 22.9 Å². The number of halogens is 1. The van der Waals surface area contributed by atoms with Crippen molar-refractivity contribution in [2.24, 2.45) is 0 Å². The van der Waals surface area contributed by atoms with Crippen molar-refractivity contribution in [1.29, 1.82) is 0 Å². The summed E-state index contributed by atoms with van der Waals surface area (Å²) in [6.07, 6.45) is -0.0309. The molecule has 2 nitrogen and oxygen atoms in total. The Morgan fingerprint density at radius 1 is 1.67 bits per heavy atom. The first kappa shape index (κ1) is 9.29. The SMILES string of the molecule is C=C(CC(=O)O)c1ccc(Cl)s1. The summed E-state index contributed by atoms with van der Waals surface area (Å²) in [5.41, 5.74) is 0.597. The number of rotatable bonds is 3. The first-order valence-corrected chi connectivity index (χ1v) is 4.44. The average Bonchev–Trinajstić information content (AvgIpc) is 2.34. The van der Waals surface area contributed by atoms with Gasteiger partial charge in [0.2, 0.25) is 0 Å². The molecular formula is C8H7ClO2S. The zero-order chi connectivity index (χ0) is 9.14. The maximum Gasteiger partial charge on any atom is 0.307 e. The molecule has 0 amide bonds. The van der Waals surface area contributed by atoms with Crippen LogP contribution in [-0.2, 0) is 4.79 Å². The fourth-order valence-corrected chi connectivity index (χ4v) is 1.79. The third kappa shape index (κ3) is 2.36. The minimum absolute atomic E-state index is 0.0309. The lowest BCUT2D eigenvalue weighted by Crippen LogP contribution is -1.94. The monoisotopic (exact) mass is 202 g/mol. The standard InChI is InChI=1S/C8H7ClO2S/c1-5(4-8(10)11)6-2-3-7(9)12-6/h2-3H,1,4H2,(H,10,11). The van der Waals surface area contributed by atoms with Gasteiger partial charge >= 0.3 is 5.97 Å². The summed E-state index contributed by atoms with van der Waals surface area (Å²) in [7, 11) is 0. The van der Waals surface area contributed by atoms with Crippen LogP contribution in [0.1, 0.15) is 11.3 Å². The van der Waals surface area contributed by atoms with Gasteiger partial charge in [-0.2, -0.15) is 0 Å². The molecule has 1 N–H and O–H groups in total. The third-order valence-electron chi connectivity index (χ3n) is 1.29. The highest BCUT2D eigenvalue weighted by Gasteiger charge is 2.06. The minimum atomic E-state index is -0.871. The predicted molar refractivity (Wildman–Crippen MR) is 50.6 cm³/mol. The van der Waals surface area contributed by atoms with E-state index in [4.69, 9.17) is 16.7 Å². The molecule has 0 saturated carbocycles. The van der Waals surface area contributed by atoms with Gasteiger partial charge in [-0.05, 0) is 17.7 Å². The second-order valence-electron chi connectivity index (χ2n) is 2.28. The Kier molecular flexibility index (Phi) is 2.89. The second kappa shape index (κ2) is 3.74. The number of aliphatic carboxylic acids is 1. The van der Waals surface area contributed by atoms with Crippen LogP contribution in [0.25, 0.3) is 5.57 Å². The van der Waals surface area contributed by atoms with Crippen LogP contribution in [0.4, 0.5) is 0 Å². The van der Waals surface area contributed by atoms with E-state index in [-0.39, 0.29) is 6.42 Å². The number of carbonyl (C=O) groups is 1. The van der Waals surface area contributed by atoms with Gasteiger partial charge in [0.15, 0.2) is 0 Å². The van der Waals surface area contributed by atoms with Gasteiger partial charge in [-0.15, -0.1) is 11.3 Å². The van der Waals surface area contributed by atoms with Crippen molar-refractivity contribution >= 4 is 34.5 Å². The Morgan fingerprint density at radius 2 is 2.33 bits per heavy atom. The maximum absolute atomic E-state index is 10.3. The number of hydrogen-bond donors (Lipinski definition) is 1. The molecule has 0 radical (unpaired) electrons. The van der Waals surface area contributed by atoms with Gasteiger partial charge in [-0.1, -0.05) is 18.2 Å². The lowest BCUT2D eigenvalue weighted by Gasteiger charge is -1.96. The van der Waals surface area contributed by atoms with E-state index >= 15 is 0 Å². The summed E-state index contributed by atoms with van der Waals surface area (Å²) in [4.78, 5) is 11.1. The lowest BCUT2D eigenvalue weighted by atomic mass is 10.2. The molecule has 1 rings (SSSR count). The van der Waals surface area contributed by atoms with Gasteiger partial charge in [0.1, 0.15) is 0 Å². The molecule has 0 atom stereocenters. The van der Waals surface area contributed by atoms with Crippen molar-refractivity contribution in [2.75, 3.05) is 0 Å². The van der Waals surface area contributed by atoms with Crippen molar-refractivity contribution in [3.8, 4) is 0 Å². The Bertz CT molecular complexity index is 317.